The number of imide groups is 2. The molecular weight excluding hydrogens is 713 g/mol. The topological polar surface area (TPSA) is 166 Å². The van der Waals surface area contributed by atoms with Gasteiger partial charge in [0.05, 0.1) is 23.0 Å². The number of rotatable bonds is 12. The van der Waals surface area contributed by atoms with E-state index in [4.69, 9.17) is 4.98 Å². The molecule has 1 aliphatic carbocycles. The summed E-state index contributed by atoms with van der Waals surface area (Å²) in [4.78, 5) is 85.2. The normalized spacial score (nSPS) is 19.2. The highest BCUT2D eigenvalue weighted by atomic mass is 16.2. The number of unbranched alkanes of at least 4 members (excludes halogenated alkanes) is 2. The first-order valence-electron chi connectivity index (χ1n) is 19.8. The molecule has 5 amide bonds. The molecule has 15 heteroatoms. The SMILES string of the molecule is CN(C)C(=O)c1cc2cnc(Nc3ccc(N4CCN(CCCCCc5cccc6c5C(=O)N(C5CCC(=O)NC5=O)C6=O)CC4)cn3)nc2n1C1CCCC1. The number of anilines is 3. The molecule has 0 bridgehead atoms. The minimum absolute atomic E-state index is 0.0342. The van der Waals surface area contributed by atoms with E-state index in [1.165, 1.54) is 0 Å². The van der Waals surface area contributed by atoms with Crippen LogP contribution in [0.2, 0.25) is 0 Å². The molecule has 15 nitrogen and oxygen atoms in total. The number of nitrogens with one attached hydrogen (secondary N) is 2. The molecule has 1 unspecified atom stereocenters. The first-order chi connectivity index (χ1) is 27.2. The van der Waals surface area contributed by atoms with Crippen LogP contribution in [0.25, 0.3) is 11.0 Å². The Hall–Kier alpha value is -5.70. The molecule has 2 N–H and O–H groups in total. The lowest BCUT2D eigenvalue weighted by atomic mass is 9.98. The summed E-state index contributed by atoms with van der Waals surface area (Å²) in [5, 5.41) is 6.37. The number of aromatic nitrogens is 4. The zero-order chi connectivity index (χ0) is 38.9. The zero-order valence-corrected chi connectivity index (χ0v) is 32.0. The Morgan fingerprint density at radius 3 is 2.45 bits per heavy atom. The maximum absolute atomic E-state index is 13.4. The summed E-state index contributed by atoms with van der Waals surface area (Å²) >= 11 is 0. The highest BCUT2D eigenvalue weighted by Crippen LogP contribution is 2.35. The summed E-state index contributed by atoms with van der Waals surface area (Å²) in [6, 6.07) is 10.5. The molecule has 0 spiro atoms. The molecule has 1 aromatic carbocycles. The Balaban J connectivity index is 0.804. The molecule has 4 aliphatic rings. The minimum Gasteiger partial charge on any atom is -0.368 e. The molecule has 292 valence electrons. The molecule has 1 atom stereocenters. The van der Waals surface area contributed by atoms with Crippen LogP contribution in [0.5, 0.6) is 0 Å². The number of amides is 5. The Morgan fingerprint density at radius 2 is 1.71 bits per heavy atom. The van der Waals surface area contributed by atoms with Gasteiger partial charge in [-0.2, -0.15) is 4.98 Å². The van der Waals surface area contributed by atoms with Gasteiger partial charge >= 0.3 is 0 Å². The molecule has 3 fully saturated rings. The van der Waals surface area contributed by atoms with Crippen LogP contribution < -0.4 is 15.5 Å². The number of aryl methyl sites for hydroxylation is 1. The van der Waals surface area contributed by atoms with E-state index in [9.17, 15) is 24.0 Å². The molecule has 2 saturated heterocycles. The third kappa shape index (κ3) is 7.34. The van der Waals surface area contributed by atoms with E-state index >= 15 is 0 Å². The lowest BCUT2D eigenvalue weighted by Gasteiger charge is -2.36. The van der Waals surface area contributed by atoms with E-state index in [0.717, 1.165) is 105 Å². The van der Waals surface area contributed by atoms with Crippen LogP contribution in [0.15, 0.2) is 48.8 Å². The van der Waals surface area contributed by atoms with Gasteiger partial charge in [0.2, 0.25) is 17.8 Å². The van der Waals surface area contributed by atoms with Crippen LogP contribution in [-0.2, 0) is 16.0 Å². The Kier molecular flexibility index (Phi) is 10.5. The van der Waals surface area contributed by atoms with E-state index in [2.05, 4.69) is 41.0 Å². The highest BCUT2D eigenvalue weighted by Gasteiger charge is 2.45. The molecule has 0 radical (unpaired) electrons. The Labute approximate surface area is 325 Å². The van der Waals surface area contributed by atoms with Crippen LogP contribution in [0.1, 0.15) is 101 Å². The van der Waals surface area contributed by atoms with Gasteiger partial charge in [0, 0.05) is 64.3 Å². The predicted octanol–water partition coefficient (Wildman–Crippen LogP) is 4.32. The second kappa shape index (κ2) is 15.8. The second-order valence-corrected chi connectivity index (χ2v) is 15.5. The van der Waals surface area contributed by atoms with Crippen molar-refractivity contribution in [3.05, 3.63) is 71.2 Å². The molecule has 6 heterocycles. The molecule has 56 heavy (non-hydrogen) atoms. The molecule has 8 rings (SSSR count). The van der Waals surface area contributed by atoms with Gasteiger partial charge in [-0.1, -0.05) is 31.4 Å². The maximum atomic E-state index is 13.4. The van der Waals surface area contributed by atoms with Crippen LogP contribution >= 0.6 is 0 Å². The molecular formula is C41H48N10O5. The van der Waals surface area contributed by atoms with E-state index in [1.807, 2.05) is 24.4 Å². The average Bonchev–Trinajstić information content (AvgIpc) is 3.92. The fourth-order valence-electron chi connectivity index (χ4n) is 8.61. The van der Waals surface area contributed by atoms with E-state index in [-0.39, 0.29) is 30.7 Å². The lowest BCUT2D eigenvalue weighted by Crippen LogP contribution is -2.54. The number of pyridine rings is 1. The first-order valence-corrected chi connectivity index (χ1v) is 19.8. The molecule has 4 aromatic rings. The van der Waals surface area contributed by atoms with Crippen LogP contribution in [0, 0.1) is 0 Å². The van der Waals surface area contributed by atoms with Crippen molar-refractivity contribution in [2.45, 2.75) is 76.3 Å². The number of carbonyl (C=O) groups is 5. The summed E-state index contributed by atoms with van der Waals surface area (Å²) < 4.78 is 2.11. The van der Waals surface area contributed by atoms with Crippen molar-refractivity contribution < 1.29 is 24.0 Å². The minimum atomic E-state index is -0.958. The summed E-state index contributed by atoms with van der Waals surface area (Å²) in [6.45, 7) is 4.69. The number of piperidine rings is 1. The fraction of sp³-hybridized carbons (Fsp3) is 0.463. The maximum Gasteiger partial charge on any atom is 0.270 e. The van der Waals surface area contributed by atoms with Crippen molar-refractivity contribution in [2.24, 2.45) is 0 Å². The summed E-state index contributed by atoms with van der Waals surface area (Å²) in [7, 11) is 3.55. The van der Waals surface area contributed by atoms with Gasteiger partial charge in [-0.25, -0.2) is 9.97 Å². The summed E-state index contributed by atoms with van der Waals surface area (Å²) in [6.07, 6.45) is 11.8. The van der Waals surface area contributed by atoms with Gasteiger partial charge in [-0.3, -0.25) is 39.1 Å². The van der Waals surface area contributed by atoms with Gasteiger partial charge in [-0.15, -0.1) is 0 Å². The number of carbonyl (C=O) groups excluding carboxylic acids is 5. The van der Waals surface area contributed by atoms with Gasteiger partial charge < -0.3 is 19.7 Å². The number of piperazine rings is 1. The van der Waals surface area contributed by atoms with Crippen molar-refractivity contribution in [1.82, 2.24) is 39.5 Å². The summed E-state index contributed by atoms with van der Waals surface area (Å²) in [5.74, 6) is -0.829. The van der Waals surface area contributed by atoms with E-state index in [0.29, 0.717) is 35.0 Å². The largest absolute Gasteiger partial charge is 0.368 e. The van der Waals surface area contributed by atoms with Crippen molar-refractivity contribution in [2.75, 3.05) is 57.0 Å². The van der Waals surface area contributed by atoms with E-state index in [1.54, 1.807) is 37.3 Å². The summed E-state index contributed by atoms with van der Waals surface area (Å²) in [5.41, 5.74) is 4.04. The average molecular weight is 761 g/mol. The van der Waals surface area contributed by atoms with Crippen molar-refractivity contribution in [3.63, 3.8) is 0 Å². The van der Waals surface area contributed by atoms with Crippen molar-refractivity contribution in [3.8, 4) is 0 Å². The predicted molar refractivity (Wildman–Crippen MR) is 210 cm³/mol. The fourth-order valence-corrected chi connectivity index (χ4v) is 8.61. The number of benzene rings is 1. The quantitative estimate of drug-likeness (QED) is 0.156. The standard InChI is InChI=1S/C41H48N10O5/c1-47(2)39(55)32-23-27-24-43-41(46-36(27)50(32)28-11-5-6-12-28)44-33-16-14-29(25-42-33)49-21-19-48(20-22-49)18-7-3-4-9-26-10-8-13-30-35(26)40(56)51(38(30)54)31-15-17-34(52)45-37(31)53/h8,10,13-14,16,23-25,28,31H,3-7,9,11-12,15,17-22H2,1-2H3,(H,45,52,53)(H,42,43,44,46). The number of nitrogens with zero attached hydrogens (tertiary/aromatic N) is 8. The Bertz CT molecular complexity index is 2170. The van der Waals surface area contributed by atoms with Crippen molar-refractivity contribution >= 4 is 58.0 Å². The lowest BCUT2D eigenvalue weighted by molar-refractivity contribution is -0.136. The zero-order valence-electron chi connectivity index (χ0n) is 32.0. The smallest absolute Gasteiger partial charge is 0.270 e. The second-order valence-electron chi connectivity index (χ2n) is 15.5. The van der Waals surface area contributed by atoms with Gasteiger partial charge in [-0.05, 0) is 74.9 Å². The van der Waals surface area contributed by atoms with Crippen molar-refractivity contribution in [1.29, 1.82) is 0 Å². The van der Waals surface area contributed by atoms with Crippen LogP contribution in [-0.4, -0.2) is 117 Å². The van der Waals surface area contributed by atoms with Gasteiger partial charge in [0.25, 0.3) is 17.7 Å². The van der Waals surface area contributed by atoms with Crippen LogP contribution in [0.3, 0.4) is 0 Å². The third-order valence-electron chi connectivity index (χ3n) is 11.6. The highest BCUT2D eigenvalue weighted by molar-refractivity contribution is 6.24. The number of hydrogen-bond donors (Lipinski definition) is 2. The monoisotopic (exact) mass is 760 g/mol. The molecule has 3 aliphatic heterocycles. The Morgan fingerprint density at radius 1 is 0.911 bits per heavy atom. The van der Waals surface area contributed by atoms with Gasteiger partial charge in [0.15, 0.2) is 0 Å². The third-order valence-corrected chi connectivity index (χ3v) is 11.6. The van der Waals surface area contributed by atoms with Gasteiger partial charge in [0.1, 0.15) is 23.2 Å². The van der Waals surface area contributed by atoms with Crippen LogP contribution in [0.4, 0.5) is 17.5 Å². The number of hydrogen-bond acceptors (Lipinski definition) is 11. The molecule has 1 saturated carbocycles. The first kappa shape index (κ1) is 37.2. The number of fused-ring (bicyclic) bond motifs is 2. The molecule has 3 aromatic heterocycles. The van der Waals surface area contributed by atoms with E-state index < -0.39 is 23.8 Å².